The number of benzene rings is 1. The van der Waals surface area contributed by atoms with Gasteiger partial charge in [0.25, 0.3) is 0 Å². The normalized spacial score (nSPS) is 27.2. The Hall–Kier alpha value is -4.65. The fourth-order valence-electron chi connectivity index (χ4n) is 11.5. The second-order valence-electron chi connectivity index (χ2n) is 25.8. The maximum Gasteiger partial charge on any atom is 0.306 e. The number of unbranched alkanes of at least 4 members (excludes halogenated alkanes) is 5. The minimum Gasteiger partial charge on any atom is -0.463 e. The van der Waals surface area contributed by atoms with Crippen molar-refractivity contribution in [3.63, 3.8) is 0 Å². The number of hydrogen-bond donors (Lipinski definition) is 2. The Kier molecular flexibility index (Phi) is 37.5. The van der Waals surface area contributed by atoms with E-state index in [2.05, 4.69) is 72.9 Å². The van der Waals surface area contributed by atoms with Crippen molar-refractivity contribution in [2.24, 2.45) is 53.3 Å². The van der Waals surface area contributed by atoms with Crippen molar-refractivity contribution in [3.8, 4) is 0 Å². The van der Waals surface area contributed by atoms with E-state index >= 15 is 0 Å². The lowest BCUT2D eigenvalue weighted by Crippen LogP contribution is -2.58. The highest BCUT2D eigenvalue weighted by molar-refractivity contribution is 5.79. The van der Waals surface area contributed by atoms with Crippen LogP contribution in [0.4, 0.5) is 0 Å². The first-order valence-electron chi connectivity index (χ1n) is 33.7. The summed E-state index contributed by atoms with van der Waals surface area (Å²) in [6, 6.07) is 9.35. The standard InChI is InChI=1S/C69H114N2O20/c1-46-49(4)60(40-85-55(10)72)89-66(52(46)7)82-34-21-15-13-14-20-33-79-43-69(71-64(77)28-23-29-65(78)88-39-58-25-17-16-18-26-58,44-80-37-30-59(75)27-19-22-35-83-67-53(8)47(2)50(5)61(90-67)41-86-56(11)73)45-81-38-31-63(76)70-32-24-36-84-68-54(9)48(3)51(6)62(91-68)42-87-57(12)74/h16-18,25-26,46-54,60-62,66-68H,13-15,19-24,27-45H2,1-12H3,(H,70,76)(H,71,77)/t46-,47-,48-,49+,50+,51+,52?,53?,54?,60?,61?,62?,66+,67+,68+,69?/m0/s1. The van der Waals surface area contributed by atoms with Crippen LogP contribution in [0.1, 0.15) is 179 Å². The van der Waals surface area contributed by atoms with E-state index in [9.17, 15) is 33.6 Å². The maximum absolute atomic E-state index is 13.9. The Balaban J connectivity index is 1.33. The van der Waals surface area contributed by atoms with Crippen LogP contribution < -0.4 is 10.6 Å². The van der Waals surface area contributed by atoms with Crippen LogP contribution in [0.5, 0.6) is 0 Å². The summed E-state index contributed by atoms with van der Waals surface area (Å²) in [4.78, 5) is 87.5. The topological polar surface area (TPSA) is 264 Å². The smallest absolute Gasteiger partial charge is 0.306 e. The molecular formula is C69H114N2O20. The Labute approximate surface area is 542 Å². The highest BCUT2D eigenvalue weighted by Gasteiger charge is 2.43. The van der Waals surface area contributed by atoms with Gasteiger partial charge in [0.05, 0.1) is 58.0 Å². The zero-order chi connectivity index (χ0) is 66.7. The van der Waals surface area contributed by atoms with Gasteiger partial charge in [0.2, 0.25) is 11.8 Å². The van der Waals surface area contributed by atoms with E-state index in [-0.39, 0.29) is 199 Å². The minimum absolute atomic E-state index is 0.00205. The first kappa shape index (κ1) is 78.8. The molecule has 22 heteroatoms. The number of carbonyl (C=O) groups is 7. The molecule has 3 aliphatic heterocycles. The summed E-state index contributed by atoms with van der Waals surface area (Å²) in [5, 5.41) is 6.05. The molecule has 0 aromatic heterocycles. The predicted molar refractivity (Wildman–Crippen MR) is 338 cm³/mol. The van der Waals surface area contributed by atoms with Gasteiger partial charge in [-0.25, -0.2) is 0 Å². The van der Waals surface area contributed by atoms with Crippen molar-refractivity contribution >= 4 is 41.5 Å². The first-order chi connectivity index (χ1) is 43.5. The average molecular weight is 1290 g/mol. The molecule has 3 heterocycles. The maximum atomic E-state index is 13.9. The highest BCUT2D eigenvalue weighted by Crippen LogP contribution is 2.38. The van der Waals surface area contributed by atoms with Crippen molar-refractivity contribution in [2.45, 2.75) is 222 Å². The third-order valence-electron chi connectivity index (χ3n) is 18.6. The van der Waals surface area contributed by atoms with Crippen molar-refractivity contribution in [2.75, 3.05) is 85.8 Å². The zero-order valence-corrected chi connectivity index (χ0v) is 57.0. The molecular weight excluding hydrogens is 1180 g/mol. The number of Topliss-reactive ketones (excluding diaryl/α,β-unsaturated/α-hetero) is 1. The number of nitrogens with one attached hydrogen (secondary N) is 2. The molecule has 0 bridgehead atoms. The van der Waals surface area contributed by atoms with E-state index in [4.69, 9.17) is 61.6 Å². The Morgan fingerprint density at radius 2 is 0.846 bits per heavy atom. The van der Waals surface area contributed by atoms with E-state index in [1.54, 1.807) is 0 Å². The lowest BCUT2D eigenvalue weighted by molar-refractivity contribution is -0.255. The second kappa shape index (κ2) is 43.4. The number of carbonyl (C=O) groups excluding carboxylic acids is 7. The summed E-state index contributed by atoms with van der Waals surface area (Å²) in [6.07, 6.45) is 4.72. The molecule has 520 valence electrons. The van der Waals surface area contributed by atoms with Crippen LogP contribution in [-0.2, 0) is 102 Å². The molecule has 0 saturated carbocycles. The van der Waals surface area contributed by atoms with Gasteiger partial charge in [-0.1, -0.05) is 112 Å². The Morgan fingerprint density at radius 3 is 1.33 bits per heavy atom. The van der Waals surface area contributed by atoms with Gasteiger partial charge < -0.3 is 72.2 Å². The SMILES string of the molecule is CC(=O)OCC1O[C@@H](OCCCCCCCOCC(COCCC(=O)CCCCO[C@@H]2OC(COC(C)=O)[C@H](C)[C@H](C)C2C)(COCCC(=O)NCCCO[C@@H]2OC(COC(C)=O)[C@H](C)[C@H](C)C2C)NC(=O)CCCC(=O)OCc2ccccc2)C(C)[C@@H](C)[C@H]1C. The predicted octanol–water partition coefficient (Wildman–Crippen LogP) is 9.42. The van der Waals surface area contributed by atoms with Crippen molar-refractivity contribution < 1.29 is 95.1 Å². The largest absolute Gasteiger partial charge is 0.463 e. The second-order valence-corrected chi connectivity index (χ2v) is 25.8. The molecule has 2 amide bonds. The molecule has 22 nitrogen and oxygen atoms in total. The molecule has 1 aromatic rings. The Bertz CT molecular complexity index is 2190. The third kappa shape index (κ3) is 30.1. The van der Waals surface area contributed by atoms with Crippen molar-refractivity contribution in [1.82, 2.24) is 10.6 Å². The van der Waals surface area contributed by atoms with Gasteiger partial charge >= 0.3 is 23.9 Å². The lowest BCUT2D eigenvalue weighted by atomic mass is 9.79. The molecule has 91 heavy (non-hydrogen) atoms. The molecule has 4 rings (SSSR count). The molecule has 3 saturated heterocycles. The van der Waals surface area contributed by atoms with Gasteiger partial charge in [0.15, 0.2) is 18.9 Å². The summed E-state index contributed by atoms with van der Waals surface area (Å²) >= 11 is 0. The van der Waals surface area contributed by atoms with Crippen LogP contribution in [0.25, 0.3) is 0 Å². The number of rotatable bonds is 45. The highest BCUT2D eigenvalue weighted by atomic mass is 16.7. The van der Waals surface area contributed by atoms with Crippen LogP contribution in [0.2, 0.25) is 0 Å². The molecule has 3 fully saturated rings. The van der Waals surface area contributed by atoms with E-state index in [1.165, 1.54) is 20.8 Å². The number of amides is 2. The first-order valence-corrected chi connectivity index (χ1v) is 33.7. The summed E-state index contributed by atoms with van der Waals surface area (Å²) in [7, 11) is 0. The summed E-state index contributed by atoms with van der Waals surface area (Å²) in [5.41, 5.74) is -0.385. The molecule has 16 atom stereocenters. The molecule has 3 aliphatic rings. The van der Waals surface area contributed by atoms with E-state index in [1.807, 2.05) is 30.3 Å². The summed E-state index contributed by atoms with van der Waals surface area (Å²) in [6.45, 7) is 25.8. The Morgan fingerprint density at radius 1 is 0.418 bits per heavy atom. The van der Waals surface area contributed by atoms with E-state index in [0.29, 0.717) is 64.6 Å². The summed E-state index contributed by atoms with van der Waals surface area (Å²) < 4.78 is 77.2. The van der Waals surface area contributed by atoms with Crippen LogP contribution in [0.15, 0.2) is 30.3 Å². The lowest BCUT2D eigenvalue weighted by Gasteiger charge is -2.43. The number of ketones is 1. The van der Waals surface area contributed by atoms with Crippen LogP contribution in [-0.4, -0.2) is 170 Å². The fraction of sp³-hybridized carbons (Fsp3) is 0.812. The molecule has 0 radical (unpaired) electrons. The monoisotopic (exact) mass is 1290 g/mol. The molecule has 0 aliphatic carbocycles. The molecule has 1 aromatic carbocycles. The molecule has 0 spiro atoms. The zero-order valence-electron chi connectivity index (χ0n) is 57.0. The van der Waals surface area contributed by atoms with Gasteiger partial charge in [-0.15, -0.1) is 0 Å². The number of ether oxygens (including phenoxy) is 13. The third-order valence-corrected chi connectivity index (χ3v) is 18.6. The minimum atomic E-state index is -1.24. The van der Waals surface area contributed by atoms with Gasteiger partial charge in [0, 0.05) is 97.0 Å². The van der Waals surface area contributed by atoms with Gasteiger partial charge in [-0.05, 0) is 79.6 Å². The van der Waals surface area contributed by atoms with E-state index < -0.39 is 24.1 Å². The quantitative estimate of drug-likeness (QED) is 0.0350. The van der Waals surface area contributed by atoms with E-state index in [0.717, 1.165) is 37.7 Å². The average Bonchev–Trinajstić information content (AvgIpc) is 1.08. The van der Waals surface area contributed by atoms with Gasteiger partial charge in [-0.3, -0.25) is 33.6 Å². The fourth-order valence-corrected chi connectivity index (χ4v) is 11.5. The molecule has 7 unspecified atom stereocenters. The van der Waals surface area contributed by atoms with Crippen LogP contribution in [0.3, 0.4) is 0 Å². The van der Waals surface area contributed by atoms with Crippen LogP contribution in [0, 0.1) is 53.3 Å². The van der Waals surface area contributed by atoms with Crippen LogP contribution >= 0.6 is 0 Å². The number of esters is 4. The van der Waals surface area contributed by atoms with Crippen molar-refractivity contribution in [1.29, 1.82) is 0 Å². The van der Waals surface area contributed by atoms with Gasteiger partial charge in [0.1, 0.15) is 37.7 Å². The number of hydrogen-bond acceptors (Lipinski definition) is 20. The molecule has 2 N–H and O–H groups in total. The summed E-state index contributed by atoms with van der Waals surface area (Å²) in [5.74, 6) is -0.206. The van der Waals surface area contributed by atoms with Gasteiger partial charge in [-0.2, -0.15) is 0 Å². The van der Waals surface area contributed by atoms with Crippen molar-refractivity contribution in [3.05, 3.63) is 35.9 Å².